The van der Waals surface area contributed by atoms with Crippen LogP contribution >= 0.6 is 0 Å². The number of carbonyl (C=O) groups excluding carboxylic acids is 1. The predicted molar refractivity (Wildman–Crippen MR) is 94.5 cm³/mol. The van der Waals surface area contributed by atoms with Crippen molar-refractivity contribution in [2.75, 3.05) is 18.4 Å². The predicted octanol–water partition coefficient (Wildman–Crippen LogP) is 3.61. The summed E-state index contributed by atoms with van der Waals surface area (Å²) < 4.78 is 26.9. The maximum absolute atomic E-state index is 13.5. The van der Waals surface area contributed by atoms with Crippen LogP contribution in [0.4, 0.5) is 14.5 Å². The Morgan fingerprint density at radius 2 is 1.76 bits per heavy atom. The Labute approximate surface area is 144 Å². The number of hydrogen-bond donors (Lipinski definition) is 3. The highest BCUT2D eigenvalue weighted by Crippen LogP contribution is 2.18. The monoisotopic (exact) mass is 343 g/mol. The Balaban J connectivity index is 1.43. The molecule has 0 unspecified atom stereocenters. The van der Waals surface area contributed by atoms with Gasteiger partial charge in [-0.25, -0.2) is 8.78 Å². The minimum Gasteiger partial charge on any atom is -0.380 e. The van der Waals surface area contributed by atoms with E-state index in [-0.39, 0.29) is 24.6 Å². The number of nitrogens with one attached hydrogen (secondary N) is 3. The summed E-state index contributed by atoms with van der Waals surface area (Å²) in [6, 6.07) is 11.6. The first-order valence-corrected chi connectivity index (χ1v) is 8.15. The third-order valence-corrected chi connectivity index (χ3v) is 4.01. The summed E-state index contributed by atoms with van der Waals surface area (Å²) in [5, 5.41) is 6.59. The van der Waals surface area contributed by atoms with Gasteiger partial charge in [0.25, 0.3) is 0 Å². The Hall–Kier alpha value is -2.89. The molecule has 0 saturated heterocycles. The van der Waals surface area contributed by atoms with Gasteiger partial charge >= 0.3 is 0 Å². The lowest BCUT2D eigenvalue weighted by molar-refractivity contribution is -0.120. The molecule has 130 valence electrons. The molecular formula is C19H19F2N3O. The second kappa shape index (κ2) is 7.79. The van der Waals surface area contributed by atoms with Crippen LogP contribution in [0.15, 0.2) is 48.7 Å². The van der Waals surface area contributed by atoms with Crippen molar-refractivity contribution in [1.29, 1.82) is 0 Å². The van der Waals surface area contributed by atoms with Crippen LogP contribution in [-0.2, 0) is 11.2 Å². The highest BCUT2D eigenvalue weighted by atomic mass is 19.1. The van der Waals surface area contributed by atoms with Crippen LogP contribution in [-0.4, -0.2) is 24.0 Å². The first-order chi connectivity index (χ1) is 12.1. The Kier molecular flexibility index (Phi) is 5.28. The maximum Gasteiger partial charge on any atom is 0.221 e. The number of fused-ring (bicyclic) bond motifs is 1. The molecule has 25 heavy (non-hydrogen) atoms. The molecule has 0 aliphatic rings. The van der Waals surface area contributed by atoms with Crippen molar-refractivity contribution < 1.29 is 13.6 Å². The number of hydrogen-bond acceptors (Lipinski definition) is 2. The van der Waals surface area contributed by atoms with E-state index in [0.717, 1.165) is 16.5 Å². The summed E-state index contributed by atoms with van der Waals surface area (Å²) in [4.78, 5) is 15.0. The van der Waals surface area contributed by atoms with E-state index in [1.165, 1.54) is 18.2 Å². The third-order valence-electron chi connectivity index (χ3n) is 4.01. The van der Waals surface area contributed by atoms with Crippen LogP contribution in [0.2, 0.25) is 0 Å². The van der Waals surface area contributed by atoms with Crippen molar-refractivity contribution in [3.63, 3.8) is 0 Å². The Morgan fingerprint density at radius 3 is 2.56 bits per heavy atom. The maximum atomic E-state index is 13.5. The van der Waals surface area contributed by atoms with Gasteiger partial charge in [-0.2, -0.15) is 0 Å². The van der Waals surface area contributed by atoms with Gasteiger partial charge in [0, 0.05) is 36.6 Å². The van der Waals surface area contributed by atoms with E-state index in [1.54, 1.807) is 0 Å². The van der Waals surface area contributed by atoms with Crippen LogP contribution in [0.1, 0.15) is 12.0 Å². The number of benzene rings is 2. The minimum absolute atomic E-state index is 0.141. The van der Waals surface area contributed by atoms with Crippen molar-refractivity contribution in [2.24, 2.45) is 0 Å². The molecule has 1 amide bonds. The summed E-state index contributed by atoms with van der Waals surface area (Å²) in [6.45, 7) is 0.672. The first kappa shape index (κ1) is 17.0. The van der Waals surface area contributed by atoms with Crippen molar-refractivity contribution >= 4 is 22.5 Å². The largest absolute Gasteiger partial charge is 0.380 e. The Morgan fingerprint density at radius 1 is 1.00 bits per heavy atom. The van der Waals surface area contributed by atoms with E-state index in [0.29, 0.717) is 13.0 Å². The molecule has 4 nitrogen and oxygen atoms in total. The van der Waals surface area contributed by atoms with E-state index >= 15 is 0 Å². The second-order valence-electron chi connectivity index (χ2n) is 5.73. The van der Waals surface area contributed by atoms with Crippen molar-refractivity contribution in [3.8, 4) is 0 Å². The van der Waals surface area contributed by atoms with Crippen LogP contribution < -0.4 is 10.6 Å². The molecule has 0 fully saturated rings. The van der Waals surface area contributed by atoms with Gasteiger partial charge in [-0.05, 0) is 30.2 Å². The summed E-state index contributed by atoms with van der Waals surface area (Å²) in [6.07, 6.45) is 2.80. The van der Waals surface area contributed by atoms with Gasteiger partial charge in [-0.3, -0.25) is 4.79 Å². The van der Waals surface area contributed by atoms with Crippen LogP contribution in [0.25, 0.3) is 10.9 Å². The summed E-state index contributed by atoms with van der Waals surface area (Å²) in [7, 11) is 0. The number of para-hydroxylation sites is 2. The summed E-state index contributed by atoms with van der Waals surface area (Å²) >= 11 is 0. The van der Waals surface area contributed by atoms with E-state index in [1.807, 2.05) is 30.5 Å². The molecular weight excluding hydrogens is 324 g/mol. The fourth-order valence-electron chi connectivity index (χ4n) is 2.73. The molecule has 2 aromatic carbocycles. The number of amides is 1. The number of halogens is 2. The lowest BCUT2D eigenvalue weighted by Crippen LogP contribution is -2.27. The molecule has 3 N–H and O–H groups in total. The van der Waals surface area contributed by atoms with E-state index in [4.69, 9.17) is 0 Å². The van der Waals surface area contributed by atoms with E-state index in [2.05, 4.69) is 15.6 Å². The number of anilines is 1. The molecule has 0 saturated carbocycles. The molecule has 3 aromatic rings. The third kappa shape index (κ3) is 4.15. The number of aromatic amines is 1. The number of carbonyl (C=O) groups is 1. The fraction of sp³-hybridized carbons (Fsp3) is 0.211. The average molecular weight is 343 g/mol. The normalized spacial score (nSPS) is 10.8. The molecule has 0 aliphatic carbocycles. The SMILES string of the molecule is O=C(CCNc1c(F)cccc1F)NCCc1c[nH]c2ccccc12. The first-order valence-electron chi connectivity index (χ1n) is 8.15. The van der Waals surface area contributed by atoms with Crippen LogP contribution in [0.3, 0.4) is 0 Å². The Bertz CT molecular complexity index is 856. The number of aromatic nitrogens is 1. The van der Waals surface area contributed by atoms with E-state index in [9.17, 15) is 13.6 Å². The van der Waals surface area contributed by atoms with Crippen molar-refractivity contribution in [3.05, 3.63) is 65.9 Å². The molecule has 0 spiro atoms. The van der Waals surface area contributed by atoms with Crippen LogP contribution in [0, 0.1) is 11.6 Å². The summed E-state index contributed by atoms with van der Waals surface area (Å²) in [5.41, 5.74) is 2.01. The molecule has 3 rings (SSSR count). The quantitative estimate of drug-likeness (QED) is 0.614. The zero-order chi connectivity index (χ0) is 17.6. The van der Waals surface area contributed by atoms with Crippen molar-refractivity contribution in [1.82, 2.24) is 10.3 Å². The lowest BCUT2D eigenvalue weighted by Gasteiger charge is -2.09. The minimum atomic E-state index is -0.667. The zero-order valence-corrected chi connectivity index (χ0v) is 13.6. The molecule has 1 heterocycles. The topological polar surface area (TPSA) is 56.9 Å². The van der Waals surface area contributed by atoms with Gasteiger partial charge < -0.3 is 15.6 Å². The fourth-order valence-corrected chi connectivity index (χ4v) is 2.73. The van der Waals surface area contributed by atoms with Gasteiger partial charge in [0.1, 0.15) is 17.3 Å². The summed E-state index contributed by atoms with van der Waals surface area (Å²) in [5.74, 6) is -1.50. The molecule has 0 bridgehead atoms. The molecule has 0 aliphatic heterocycles. The molecule has 0 atom stereocenters. The van der Waals surface area contributed by atoms with Gasteiger partial charge in [0.2, 0.25) is 5.91 Å². The zero-order valence-electron chi connectivity index (χ0n) is 13.6. The highest BCUT2D eigenvalue weighted by Gasteiger charge is 2.09. The number of rotatable bonds is 7. The standard InChI is InChI=1S/C19H19F2N3O/c20-15-5-3-6-16(21)19(15)23-11-9-18(25)22-10-8-13-12-24-17-7-2-1-4-14(13)17/h1-7,12,23-24H,8-11H2,(H,22,25). The molecule has 0 radical (unpaired) electrons. The second-order valence-corrected chi connectivity index (χ2v) is 5.73. The smallest absolute Gasteiger partial charge is 0.221 e. The van der Waals surface area contributed by atoms with Crippen LogP contribution in [0.5, 0.6) is 0 Å². The van der Waals surface area contributed by atoms with Crippen molar-refractivity contribution in [2.45, 2.75) is 12.8 Å². The number of H-pyrrole nitrogens is 1. The van der Waals surface area contributed by atoms with E-state index < -0.39 is 11.6 Å². The lowest BCUT2D eigenvalue weighted by atomic mass is 10.1. The van der Waals surface area contributed by atoms with Gasteiger partial charge in [-0.15, -0.1) is 0 Å². The highest BCUT2D eigenvalue weighted by molar-refractivity contribution is 5.83. The molecule has 6 heteroatoms. The average Bonchev–Trinajstić information content (AvgIpc) is 3.01. The van der Waals surface area contributed by atoms with Gasteiger partial charge in [-0.1, -0.05) is 24.3 Å². The molecule has 1 aromatic heterocycles. The van der Waals surface area contributed by atoms with Gasteiger partial charge in [0.05, 0.1) is 0 Å². The van der Waals surface area contributed by atoms with Gasteiger partial charge in [0.15, 0.2) is 0 Å².